The van der Waals surface area contributed by atoms with Crippen LogP contribution in [0.4, 0.5) is 11.4 Å². The van der Waals surface area contributed by atoms with Crippen molar-refractivity contribution in [2.75, 3.05) is 11.1 Å². The number of para-hydroxylation sites is 1. The molecule has 1 heterocycles. The number of nitro benzene ring substituents is 1. The highest BCUT2D eigenvalue weighted by molar-refractivity contribution is 9.10. The van der Waals surface area contributed by atoms with Gasteiger partial charge in [-0.2, -0.15) is 0 Å². The Morgan fingerprint density at radius 2 is 2.10 bits per heavy atom. The second kappa shape index (κ2) is 9.01. The molecule has 3 rings (SSSR count). The Morgan fingerprint density at radius 1 is 1.34 bits per heavy atom. The number of carbonyl (C=O) groups excluding carboxylic acids is 1. The third kappa shape index (κ3) is 4.72. The standard InChI is InChI=1S/C19H15BrN4O4S/c1-2-9-23-18(26)13-5-3-4-6-15(13)22-19(23)29-11-17(25)21-16-8-7-12(24(27)28)10-14(16)20/h2-8,10H,1,9,11H2,(H,21,25). The quantitative estimate of drug-likeness (QED) is 0.182. The third-order valence-electron chi connectivity index (χ3n) is 3.91. The number of benzene rings is 2. The zero-order chi connectivity index (χ0) is 21.0. The van der Waals surface area contributed by atoms with Gasteiger partial charge in [-0.1, -0.05) is 30.0 Å². The molecule has 1 N–H and O–H groups in total. The van der Waals surface area contributed by atoms with E-state index in [1.165, 1.54) is 22.8 Å². The van der Waals surface area contributed by atoms with Crippen LogP contribution in [0.15, 0.2) is 69.5 Å². The van der Waals surface area contributed by atoms with E-state index in [1.54, 1.807) is 30.3 Å². The van der Waals surface area contributed by atoms with Gasteiger partial charge in [-0.15, -0.1) is 6.58 Å². The fraction of sp³-hybridized carbons (Fsp3) is 0.105. The number of thioether (sulfide) groups is 1. The van der Waals surface area contributed by atoms with Gasteiger partial charge < -0.3 is 5.32 Å². The van der Waals surface area contributed by atoms with Crippen LogP contribution in [0, 0.1) is 10.1 Å². The van der Waals surface area contributed by atoms with Gasteiger partial charge in [0.05, 0.1) is 27.3 Å². The number of rotatable bonds is 7. The van der Waals surface area contributed by atoms with Gasteiger partial charge in [-0.25, -0.2) is 4.98 Å². The number of nitrogens with one attached hydrogen (secondary N) is 1. The normalized spacial score (nSPS) is 10.7. The van der Waals surface area contributed by atoms with Crippen LogP contribution in [0.3, 0.4) is 0 Å². The molecule has 148 valence electrons. The lowest BCUT2D eigenvalue weighted by Crippen LogP contribution is -2.23. The fourth-order valence-electron chi connectivity index (χ4n) is 2.58. The fourth-order valence-corrected chi connectivity index (χ4v) is 3.86. The van der Waals surface area contributed by atoms with Crippen molar-refractivity contribution in [2.24, 2.45) is 0 Å². The molecule has 29 heavy (non-hydrogen) atoms. The number of aromatic nitrogens is 2. The Morgan fingerprint density at radius 3 is 2.79 bits per heavy atom. The lowest BCUT2D eigenvalue weighted by atomic mass is 10.2. The zero-order valence-corrected chi connectivity index (χ0v) is 17.4. The predicted molar refractivity (Wildman–Crippen MR) is 116 cm³/mol. The molecule has 0 aliphatic carbocycles. The van der Waals surface area contributed by atoms with Crippen LogP contribution in [0.2, 0.25) is 0 Å². The van der Waals surface area contributed by atoms with Crippen molar-refractivity contribution in [1.29, 1.82) is 0 Å². The molecule has 0 atom stereocenters. The molecule has 0 fully saturated rings. The monoisotopic (exact) mass is 474 g/mol. The van der Waals surface area contributed by atoms with Crippen molar-refractivity contribution in [3.63, 3.8) is 0 Å². The molecular weight excluding hydrogens is 460 g/mol. The molecule has 0 bridgehead atoms. The van der Waals surface area contributed by atoms with Crippen molar-refractivity contribution in [3.8, 4) is 0 Å². The summed E-state index contributed by atoms with van der Waals surface area (Å²) >= 11 is 4.34. The maximum atomic E-state index is 12.7. The molecule has 1 aromatic heterocycles. The van der Waals surface area contributed by atoms with Crippen molar-refractivity contribution in [1.82, 2.24) is 9.55 Å². The highest BCUT2D eigenvalue weighted by atomic mass is 79.9. The van der Waals surface area contributed by atoms with Crippen molar-refractivity contribution >= 4 is 55.9 Å². The third-order valence-corrected chi connectivity index (χ3v) is 5.54. The number of anilines is 1. The van der Waals surface area contributed by atoms with Gasteiger partial charge >= 0.3 is 0 Å². The largest absolute Gasteiger partial charge is 0.324 e. The maximum absolute atomic E-state index is 12.7. The van der Waals surface area contributed by atoms with E-state index >= 15 is 0 Å². The Kier molecular flexibility index (Phi) is 6.45. The Balaban J connectivity index is 1.79. The molecule has 0 saturated heterocycles. The molecule has 0 spiro atoms. The van der Waals surface area contributed by atoms with Crippen LogP contribution in [-0.4, -0.2) is 26.1 Å². The van der Waals surface area contributed by atoms with E-state index in [4.69, 9.17) is 0 Å². The summed E-state index contributed by atoms with van der Waals surface area (Å²) in [5, 5.41) is 14.4. The van der Waals surface area contributed by atoms with Gasteiger partial charge in [-0.05, 0) is 34.1 Å². The number of amides is 1. The van der Waals surface area contributed by atoms with Crippen LogP contribution in [-0.2, 0) is 11.3 Å². The molecule has 0 radical (unpaired) electrons. The highest BCUT2D eigenvalue weighted by Gasteiger charge is 2.14. The molecule has 10 heteroatoms. The summed E-state index contributed by atoms with van der Waals surface area (Å²) in [4.78, 5) is 39.8. The highest BCUT2D eigenvalue weighted by Crippen LogP contribution is 2.27. The Labute approximate surface area is 177 Å². The Bertz CT molecular complexity index is 1180. The average Bonchev–Trinajstić information content (AvgIpc) is 2.70. The molecule has 0 aliphatic rings. The molecule has 0 aliphatic heterocycles. The zero-order valence-electron chi connectivity index (χ0n) is 15.0. The summed E-state index contributed by atoms with van der Waals surface area (Å²) in [6.07, 6.45) is 1.59. The maximum Gasteiger partial charge on any atom is 0.270 e. The molecule has 0 saturated carbocycles. The summed E-state index contributed by atoms with van der Waals surface area (Å²) < 4.78 is 1.87. The number of fused-ring (bicyclic) bond motifs is 1. The summed E-state index contributed by atoms with van der Waals surface area (Å²) in [5.74, 6) is -0.331. The minimum atomic E-state index is -0.517. The number of hydrogen-bond donors (Lipinski definition) is 1. The predicted octanol–water partition coefficient (Wildman–Crippen LogP) is 3.98. The van der Waals surface area contributed by atoms with E-state index in [-0.39, 0.29) is 29.5 Å². The first-order valence-corrected chi connectivity index (χ1v) is 10.2. The van der Waals surface area contributed by atoms with E-state index in [0.29, 0.717) is 26.2 Å². The lowest BCUT2D eigenvalue weighted by molar-refractivity contribution is -0.384. The molecule has 8 nitrogen and oxygen atoms in total. The summed E-state index contributed by atoms with van der Waals surface area (Å²) in [7, 11) is 0. The first kappa shape index (κ1) is 20.7. The molecule has 3 aromatic rings. The topological polar surface area (TPSA) is 107 Å². The second-order valence-electron chi connectivity index (χ2n) is 5.87. The molecule has 2 aromatic carbocycles. The number of nitro groups is 1. The smallest absolute Gasteiger partial charge is 0.270 e. The van der Waals surface area contributed by atoms with Crippen LogP contribution in [0.25, 0.3) is 10.9 Å². The van der Waals surface area contributed by atoms with Crippen LogP contribution in [0.1, 0.15) is 0 Å². The molecule has 0 unspecified atom stereocenters. The van der Waals surface area contributed by atoms with Gasteiger partial charge in [0.2, 0.25) is 5.91 Å². The van der Waals surface area contributed by atoms with Gasteiger partial charge in [-0.3, -0.25) is 24.3 Å². The van der Waals surface area contributed by atoms with Crippen molar-refractivity contribution in [2.45, 2.75) is 11.7 Å². The minimum absolute atomic E-state index is 0.00531. The van der Waals surface area contributed by atoms with E-state index in [0.717, 1.165) is 11.8 Å². The summed E-state index contributed by atoms with van der Waals surface area (Å²) in [5.41, 5.74) is 0.685. The Hall–Kier alpha value is -2.98. The number of halogens is 1. The first-order valence-electron chi connectivity index (χ1n) is 8.37. The minimum Gasteiger partial charge on any atom is -0.324 e. The summed E-state index contributed by atoms with van der Waals surface area (Å²) in [6, 6.07) is 11.1. The van der Waals surface area contributed by atoms with E-state index in [9.17, 15) is 19.7 Å². The van der Waals surface area contributed by atoms with E-state index in [2.05, 4.69) is 32.8 Å². The van der Waals surface area contributed by atoms with Crippen LogP contribution in [0.5, 0.6) is 0 Å². The second-order valence-corrected chi connectivity index (χ2v) is 7.67. The lowest BCUT2D eigenvalue weighted by Gasteiger charge is -2.12. The number of carbonyl (C=O) groups is 1. The van der Waals surface area contributed by atoms with Crippen molar-refractivity contribution < 1.29 is 9.72 Å². The van der Waals surface area contributed by atoms with Crippen molar-refractivity contribution in [3.05, 3.63) is 80.1 Å². The number of non-ortho nitro benzene ring substituents is 1. The number of hydrogen-bond acceptors (Lipinski definition) is 6. The SMILES string of the molecule is C=CCn1c(SCC(=O)Nc2ccc([N+](=O)[O-])cc2Br)nc2ccccc2c1=O. The summed E-state index contributed by atoms with van der Waals surface area (Å²) in [6.45, 7) is 3.94. The van der Waals surface area contributed by atoms with E-state index < -0.39 is 4.92 Å². The molecule has 1 amide bonds. The van der Waals surface area contributed by atoms with Gasteiger partial charge in [0.15, 0.2) is 5.16 Å². The first-order chi connectivity index (χ1) is 13.9. The van der Waals surface area contributed by atoms with Crippen LogP contribution < -0.4 is 10.9 Å². The van der Waals surface area contributed by atoms with E-state index in [1.807, 2.05) is 0 Å². The van der Waals surface area contributed by atoms with Gasteiger partial charge in [0, 0.05) is 23.2 Å². The van der Waals surface area contributed by atoms with Gasteiger partial charge in [0.25, 0.3) is 11.2 Å². The number of nitrogens with zero attached hydrogens (tertiary/aromatic N) is 3. The molecular formula is C19H15BrN4O4S. The number of allylic oxidation sites excluding steroid dienone is 1. The van der Waals surface area contributed by atoms with Crippen LogP contribution >= 0.6 is 27.7 Å². The average molecular weight is 475 g/mol. The van der Waals surface area contributed by atoms with Gasteiger partial charge in [0.1, 0.15) is 0 Å².